The fourth-order valence-corrected chi connectivity index (χ4v) is 11.4. The molecule has 350 valence electrons. The van der Waals surface area contributed by atoms with Crippen LogP contribution in [-0.2, 0) is 33.3 Å². The van der Waals surface area contributed by atoms with Gasteiger partial charge in [0.1, 0.15) is 5.78 Å². The van der Waals surface area contributed by atoms with Crippen LogP contribution in [0.2, 0.25) is 0 Å². The molecule has 0 aromatic heterocycles. The molecule has 1 unspecified atom stereocenters. The molecular weight excluding hydrogens is 781 g/mol. The Bertz CT molecular complexity index is 1530. The molecule has 13 nitrogen and oxygen atoms in total. The maximum Gasteiger partial charge on any atom is 0.315 e. The third kappa shape index (κ3) is 10.2. The van der Waals surface area contributed by atoms with Crippen molar-refractivity contribution in [3.8, 4) is 0 Å². The minimum absolute atomic E-state index is 0.0456. The van der Waals surface area contributed by atoms with Crippen LogP contribution >= 0.6 is 0 Å². The summed E-state index contributed by atoms with van der Waals surface area (Å²) in [7, 11) is 0. The van der Waals surface area contributed by atoms with Gasteiger partial charge in [0, 0.05) is 36.1 Å². The first-order valence-corrected chi connectivity index (χ1v) is 23.9. The number of aliphatic carboxylic acids is 1. The lowest BCUT2D eigenvalue weighted by molar-refractivity contribution is -0.394. The van der Waals surface area contributed by atoms with Gasteiger partial charge in [0.25, 0.3) is 0 Å². The third-order valence-corrected chi connectivity index (χ3v) is 16.2. The summed E-state index contributed by atoms with van der Waals surface area (Å²) >= 11 is 0. The van der Waals surface area contributed by atoms with Crippen molar-refractivity contribution >= 4 is 17.8 Å². The van der Waals surface area contributed by atoms with Crippen LogP contribution in [-0.4, -0.2) is 105 Å². The lowest BCUT2D eigenvalue weighted by atomic mass is 9.73. The van der Waals surface area contributed by atoms with E-state index in [1.807, 2.05) is 48.5 Å². The third-order valence-electron chi connectivity index (χ3n) is 16.2. The Kier molecular flexibility index (Phi) is 16.3. The number of Topliss-reactive ketones (excluding diaryl/α,β-unsaturated/α-hetero) is 1. The zero-order valence-electron chi connectivity index (χ0n) is 39.2. The van der Waals surface area contributed by atoms with Gasteiger partial charge in [-0.15, -0.1) is 0 Å². The average molecular weight is 863 g/mol. The molecule has 4 heterocycles. The second-order valence-corrected chi connectivity index (χ2v) is 20.3. The van der Waals surface area contributed by atoms with E-state index in [1.54, 1.807) is 13.0 Å². The molecule has 1 saturated carbocycles. The number of carboxylic acid groups (broad SMARTS) is 1. The number of carbonyl (C=O) groups excluding carboxylic acids is 2. The first kappa shape index (κ1) is 49.9. The molecule has 5 aliphatic rings. The molecule has 0 spiro atoms. The smallest absolute Gasteiger partial charge is 0.315 e. The van der Waals surface area contributed by atoms with Crippen LogP contribution in [0, 0.1) is 41.4 Å². The summed E-state index contributed by atoms with van der Waals surface area (Å²) in [6, 6.07) is -0.801. The summed E-state index contributed by atoms with van der Waals surface area (Å²) in [5, 5.41) is 39.2. The van der Waals surface area contributed by atoms with E-state index in [2.05, 4.69) is 38.0 Å². The number of hydrogen-bond acceptors (Lipinski definition) is 10. The molecule has 0 radical (unpaired) electrons. The highest BCUT2D eigenvalue weighted by molar-refractivity contribution is 5.84. The number of hydrogen-bond donors (Lipinski definition) is 5. The SMILES string of the molecule is C=C[C@@]1(O[C@]2([C@@H](C)NC(=O)NC3CCC3)CC[C@@](C)([C@H]3CC[C@](O)(CC)[C@H](C)O3)O2)O[C@H](C(CC)C(=O)[C@@H](C)[C@@H](O)[C@H](C)[C@@H]2O[C@@H]([C@@H](CC)C(=O)O)CC[C@@H]2C)[C@@H](C)C[C@H]1C. The predicted octanol–water partition coefficient (Wildman–Crippen LogP) is 7.68. The number of rotatable bonds is 18. The number of amides is 2. The molecule has 18 atom stereocenters. The molecule has 5 rings (SSSR count). The van der Waals surface area contributed by atoms with Gasteiger partial charge in [-0.25, -0.2) is 4.79 Å². The Labute approximate surface area is 366 Å². The molecular formula is C48H82N2O11. The lowest BCUT2D eigenvalue weighted by Crippen LogP contribution is -2.64. The van der Waals surface area contributed by atoms with Gasteiger partial charge in [0.15, 0.2) is 11.6 Å². The number of aliphatic hydroxyl groups is 2. The maximum absolute atomic E-state index is 14.7. The number of carbonyl (C=O) groups is 3. The monoisotopic (exact) mass is 863 g/mol. The normalized spacial score (nSPS) is 41.3. The fraction of sp³-hybridized carbons (Fsp3) is 0.896. The van der Waals surface area contributed by atoms with Crippen molar-refractivity contribution in [2.75, 3.05) is 0 Å². The molecule has 5 fully saturated rings. The Morgan fingerprint density at radius 1 is 0.902 bits per heavy atom. The second-order valence-electron chi connectivity index (χ2n) is 20.3. The van der Waals surface area contributed by atoms with Gasteiger partial charge in [0.05, 0.1) is 59.8 Å². The van der Waals surface area contributed by atoms with Crippen LogP contribution < -0.4 is 10.6 Å². The molecule has 1 aliphatic carbocycles. The summed E-state index contributed by atoms with van der Waals surface area (Å²) in [5.74, 6) is -6.32. The topological polar surface area (TPSA) is 182 Å². The van der Waals surface area contributed by atoms with Gasteiger partial charge in [-0.05, 0) is 116 Å². The molecule has 0 aromatic rings. The molecule has 0 aromatic carbocycles. The Morgan fingerprint density at radius 3 is 2.13 bits per heavy atom. The maximum atomic E-state index is 14.7. The van der Waals surface area contributed by atoms with E-state index >= 15 is 0 Å². The molecule has 0 bridgehead atoms. The first-order valence-electron chi connectivity index (χ1n) is 23.9. The van der Waals surface area contributed by atoms with E-state index in [0.29, 0.717) is 57.8 Å². The van der Waals surface area contributed by atoms with Crippen LogP contribution in [0.5, 0.6) is 0 Å². The number of carboxylic acids is 1. The first-order chi connectivity index (χ1) is 28.6. The van der Waals surface area contributed by atoms with E-state index in [1.165, 1.54) is 0 Å². The number of ketones is 1. The number of urea groups is 1. The minimum Gasteiger partial charge on any atom is -0.481 e. The van der Waals surface area contributed by atoms with E-state index < -0.39 is 89.0 Å². The van der Waals surface area contributed by atoms with Gasteiger partial charge >= 0.3 is 12.0 Å². The highest BCUT2D eigenvalue weighted by Gasteiger charge is 2.61. The van der Waals surface area contributed by atoms with Crippen molar-refractivity contribution in [1.82, 2.24) is 10.6 Å². The summed E-state index contributed by atoms with van der Waals surface area (Å²) in [6.45, 7) is 25.8. The van der Waals surface area contributed by atoms with E-state index in [-0.39, 0.29) is 41.7 Å². The van der Waals surface area contributed by atoms with Crippen molar-refractivity contribution < 1.29 is 53.4 Å². The number of aliphatic hydroxyl groups excluding tert-OH is 1. The predicted molar refractivity (Wildman–Crippen MR) is 232 cm³/mol. The molecule has 13 heteroatoms. The van der Waals surface area contributed by atoms with Crippen molar-refractivity contribution in [1.29, 1.82) is 0 Å². The van der Waals surface area contributed by atoms with Crippen LogP contribution in [0.3, 0.4) is 0 Å². The highest BCUT2D eigenvalue weighted by atomic mass is 16.8. The molecule has 4 saturated heterocycles. The minimum atomic E-state index is -1.41. The summed E-state index contributed by atoms with van der Waals surface area (Å²) in [6.07, 6.45) is 7.19. The number of ether oxygens (including phenoxy) is 5. The number of nitrogens with one attached hydrogen (secondary N) is 2. The fourth-order valence-electron chi connectivity index (χ4n) is 11.4. The molecule has 5 N–H and O–H groups in total. The largest absolute Gasteiger partial charge is 0.481 e. The van der Waals surface area contributed by atoms with Crippen molar-refractivity contribution in [3.63, 3.8) is 0 Å². The van der Waals surface area contributed by atoms with Gasteiger partial charge in [-0.3, -0.25) is 9.59 Å². The summed E-state index contributed by atoms with van der Waals surface area (Å²) < 4.78 is 34.6. The Balaban J connectivity index is 1.39. The zero-order chi connectivity index (χ0) is 45.2. The van der Waals surface area contributed by atoms with Crippen LogP contribution in [0.25, 0.3) is 0 Å². The molecule has 2 amide bonds. The van der Waals surface area contributed by atoms with E-state index in [9.17, 15) is 29.7 Å². The van der Waals surface area contributed by atoms with Crippen LogP contribution in [0.4, 0.5) is 4.79 Å². The van der Waals surface area contributed by atoms with Crippen molar-refractivity contribution in [2.45, 2.75) is 231 Å². The van der Waals surface area contributed by atoms with Crippen molar-refractivity contribution in [3.05, 3.63) is 12.7 Å². The van der Waals surface area contributed by atoms with E-state index in [0.717, 1.165) is 25.7 Å². The van der Waals surface area contributed by atoms with Crippen molar-refractivity contribution in [2.24, 2.45) is 41.4 Å². The summed E-state index contributed by atoms with van der Waals surface area (Å²) in [5.41, 5.74) is -1.73. The van der Waals surface area contributed by atoms with Gasteiger partial charge < -0.3 is 49.6 Å². The van der Waals surface area contributed by atoms with Gasteiger partial charge in [-0.1, -0.05) is 62.0 Å². The van der Waals surface area contributed by atoms with E-state index in [4.69, 9.17) is 23.7 Å². The van der Waals surface area contributed by atoms with Crippen LogP contribution in [0.1, 0.15) is 160 Å². The molecule has 61 heavy (non-hydrogen) atoms. The summed E-state index contributed by atoms with van der Waals surface area (Å²) in [4.78, 5) is 40.1. The van der Waals surface area contributed by atoms with Crippen LogP contribution in [0.15, 0.2) is 12.7 Å². The lowest BCUT2D eigenvalue weighted by Gasteiger charge is -2.53. The second kappa shape index (κ2) is 19.9. The molecule has 4 aliphatic heterocycles. The zero-order valence-corrected chi connectivity index (χ0v) is 39.2. The Morgan fingerprint density at radius 2 is 1.57 bits per heavy atom. The van der Waals surface area contributed by atoms with Gasteiger partial charge in [-0.2, -0.15) is 0 Å². The standard InChI is InChI=1S/C48H82N2O11/c1-13-35(43(53)54)37-21-20-27(5)41(58-37)31(9)39(51)30(8)40(52)36(14-2)42-28(6)26-29(7)47(16-4,59-42)61-48(32(10)49-44(55)50-34-18-17-19-34)25-24-45(12,60-48)38-22-23-46(56,15-3)33(11)57-38/h16,27-39,41-42,51,56H,4,13-15,17-26H2,1-3,5-12H3,(H,53,54)(H2,49,50,55)/t27-,28-,29+,30-,31-,32+,33-,35+,36?,37+,38+,39+,41+,42-,45-,46+,47-,48-/m0/s1. The highest BCUT2D eigenvalue weighted by Crippen LogP contribution is 2.52. The average Bonchev–Trinajstić information content (AvgIpc) is 3.56. The quantitative estimate of drug-likeness (QED) is 0.0853. The Hall–Kier alpha value is -2.13. The van der Waals surface area contributed by atoms with Gasteiger partial charge in [0.2, 0.25) is 0 Å².